The Labute approximate surface area is 175 Å². The van der Waals surface area contributed by atoms with Crippen LogP contribution in [0.25, 0.3) is 0 Å². The second kappa shape index (κ2) is 9.73. The van der Waals surface area contributed by atoms with E-state index in [1.54, 1.807) is 0 Å². The number of carbonyl (C=O) groups is 1. The number of thioether (sulfide) groups is 1. The minimum atomic E-state index is -4.81. The average Bonchev–Trinajstić information content (AvgIpc) is 3.18. The Morgan fingerprint density at radius 2 is 2.18 bits per heavy atom. The quantitative estimate of drug-likeness (QED) is 0.406. The van der Waals surface area contributed by atoms with Crippen molar-refractivity contribution in [2.75, 3.05) is 30.3 Å². The van der Waals surface area contributed by atoms with Gasteiger partial charge in [-0.05, 0) is 31.2 Å². The Kier molecular flexibility index (Phi) is 7.87. The molecule has 1 atom stereocenters. The van der Waals surface area contributed by atoms with Gasteiger partial charge in [-0.2, -0.15) is 0 Å². The standard InChI is InChI=1S/C17H21N3O4S3.CH4/c1-2-19-10-11-25-16(19)8-5-9-17-20(12-15(21)18-27(22,23)24)13-6-3-4-7-14(13)26-17;/h3-9,17H,2,10-12H2,1H3,(H,18,21)(H,22,23,24);1H4/b9-5+,16-8-;. The van der Waals surface area contributed by atoms with Crippen molar-refractivity contribution in [1.29, 1.82) is 0 Å². The second-order valence-electron chi connectivity index (χ2n) is 5.96. The summed E-state index contributed by atoms with van der Waals surface area (Å²) < 4.78 is 33.9. The molecular formula is C18H25N3O4S3. The van der Waals surface area contributed by atoms with Crippen LogP contribution in [-0.2, 0) is 26.9 Å². The maximum absolute atomic E-state index is 12.0. The summed E-state index contributed by atoms with van der Waals surface area (Å²) in [5.41, 5.74) is 0.866. The SMILES string of the molecule is C.CCN1CCS/C1=C\C=C\C1[SH+]c2ccccc2N1CC(=O)NS(=O)(=O)[O-]. The predicted octanol–water partition coefficient (Wildman–Crippen LogP) is 1.69. The molecule has 154 valence electrons. The molecule has 28 heavy (non-hydrogen) atoms. The topological polar surface area (TPSA) is 92.8 Å². The van der Waals surface area contributed by atoms with E-state index < -0.39 is 16.2 Å². The van der Waals surface area contributed by atoms with Gasteiger partial charge in [-0.3, -0.25) is 9.52 Å². The predicted molar refractivity (Wildman–Crippen MR) is 116 cm³/mol. The molecule has 1 fully saturated rings. The third-order valence-corrected chi connectivity index (χ3v) is 7.09. The van der Waals surface area contributed by atoms with Crippen LogP contribution < -0.4 is 9.62 Å². The zero-order valence-corrected chi connectivity index (χ0v) is 17.3. The van der Waals surface area contributed by atoms with Crippen LogP contribution >= 0.6 is 11.8 Å². The first-order chi connectivity index (χ1) is 12.9. The summed E-state index contributed by atoms with van der Waals surface area (Å²) in [4.78, 5) is 17.1. The Hall–Kier alpha value is -1.62. The smallest absolute Gasteiger partial charge is 0.252 e. The number of hydrogen-bond donors (Lipinski definition) is 1. The number of nitrogens with zero attached hydrogens (tertiary/aromatic N) is 2. The number of hydrogen-bond acceptors (Lipinski definition) is 7. The molecule has 2 aliphatic rings. The van der Waals surface area contributed by atoms with Crippen molar-refractivity contribution in [3.05, 3.63) is 47.5 Å². The van der Waals surface area contributed by atoms with Crippen molar-refractivity contribution in [3.63, 3.8) is 0 Å². The minimum absolute atomic E-state index is 0. The number of carbonyl (C=O) groups excluding carboxylic acids is 1. The summed E-state index contributed by atoms with van der Waals surface area (Å²) in [5, 5.41) is 1.11. The zero-order chi connectivity index (χ0) is 19.4. The normalized spacial score (nSPS) is 20.5. The Bertz CT molecular complexity index is 871. The Morgan fingerprint density at radius 1 is 1.43 bits per heavy atom. The largest absolute Gasteiger partial charge is 0.731 e. The van der Waals surface area contributed by atoms with Crippen LogP contribution in [0.4, 0.5) is 5.69 Å². The van der Waals surface area contributed by atoms with E-state index in [4.69, 9.17) is 0 Å². The van der Waals surface area contributed by atoms with Gasteiger partial charge in [-0.15, -0.1) is 11.8 Å². The molecule has 0 aromatic heterocycles. The van der Waals surface area contributed by atoms with Crippen molar-refractivity contribution >= 4 is 45.4 Å². The summed E-state index contributed by atoms with van der Waals surface area (Å²) >= 11 is 2.82. The number of allylic oxidation sites excluding steroid dienone is 2. The molecule has 0 saturated carbocycles. The van der Waals surface area contributed by atoms with E-state index >= 15 is 0 Å². The maximum Gasteiger partial charge on any atom is 0.252 e. The molecule has 0 spiro atoms. The molecule has 1 amide bonds. The molecule has 2 heterocycles. The first kappa shape index (κ1) is 22.7. The lowest BCUT2D eigenvalue weighted by atomic mass is 10.2. The van der Waals surface area contributed by atoms with Gasteiger partial charge in [0.25, 0.3) is 5.91 Å². The van der Waals surface area contributed by atoms with E-state index in [0.717, 1.165) is 41.2 Å². The number of benzene rings is 1. The Balaban J connectivity index is 0.00000280. The van der Waals surface area contributed by atoms with Gasteiger partial charge in [0.1, 0.15) is 6.54 Å². The number of amides is 1. The van der Waals surface area contributed by atoms with E-state index in [1.807, 2.05) is 53.1 Å². The lowest BCUT2D eigenvalue weighted by Crippen LogP contribution is -2.42. The molecule has 1 aromatic carbocycles. The van der Waals surface area contributed by atoms with Crippen LogP contribution in [0.15, 0.2) is 52.4 Å². The zero-order valence-electron chi connectivity index (χ0n) is 14.7. The van der Waals surface area contributed by atoms with Crippen LogP contribution in [0.2, 0.25) is 0 Å². The lowest BCUT2D eigenvalue weighted by Gasteiger charge is -2.20. The van der Waals surface area contributed by atoms with Crippen molar-refractivity contribution < 1.29 is 17.8 Å². The molecule has 0 bridgehead atoms. The lowest BCUT2D eigenvalue weighted by molar-refractivity contribution is -0.118. The summed E-state index contributed by atoms with van der Waals surface area (Å²) in [6.45, 7) is 3.94. The van der Waals surface area contributed by atoms with Crippen molar-refractivity contribution in [3.8, 4) is 0 Å². The molecule has 7 nitrogen and oxygen atoms in total. The van der Waals surface area contributed by atoms with Crippen LogP contribution in [0, 0.1) is 0 Å². The van der Waals surface area contributed by atoms with Gasteiger partial charge in [0.15, 0.2) is 15.2 Å². The third kappa shape index (κ3) is 5.69. The molecule has 0 radical (unpaired) electrons. The van der Waals surface area contributed by atoms with Crippen LogP contribution in [0.3, 0.4) is 0 Å². The molecule has 0 aliphatic carbocycles. The number of para-hydroxylation sites is 1. The van der Waals surface area contributed by atoms with E-state index in [-0.39, 0.29) is 19.3 Å². The molecule has 1 aromatic rings. The third-order valence-electron chi connectivity index (χ3n) is 4.16. The number of rotatable bonds is 6. The van der Waals surface area contributed by atoms with Crippen molar-refractivity contribution in [1.82, 2.24) is 9.62 Å². The molecule has 10 heteroatoms. The molecular weight excluding hydrogens is 418 g/mol. The number of anilines is 1. The maximum atomic E-state index is 12.0. The van der Waals surface area contributed by atoms with Gasteiger partial charge in [0.2, 0.25) is 5.37 Å². The van der Waals surface area contributed by atoms with E-state index in [1.165, 1.54) is 9.75 Å². The number of fused-ring (bicyclic) bond motifs is 1. The highest BCUT2D eigenvalue weighted by atomic mass is 32.2. The Morgan fingerprint density at radius 3 is 2.89 bits per heavy atom. The van der Waals surface area contributed by atoms with Gasteiger partial charge in [-0.1, -0.05) is 25.6 Å². The van der Waals surface area contributed by atoms with Gasteiger partial charge in [0.05, 0.1) is 10.7 Å². The first-order valence-electron chi connectivity index (χ1n) is 8.46. The summed E-state index contributed by atoms with van der Waals surface area (Å²) in [6, 6.07) is 7.66. The van der Waals surface area contributed by atoms with Crippen molar-refractivity contribution in [2.45, 2.75) is 24.6 Å². The van der Waals surface area contributed by atoms with Crippen LogP contribution in [0.5, 0.6) is 0 Å². The summed E-state index contributed by atoms with van der Waals surface area (Å²) in [7, 11) is -4.81. The van der Waals surface area contributed by atoms with E-state index in [2.05, 4.69) is 17.9 Å². The molecule has 3 rings (SSSR count). The molecule has 2 aliphatic heterocycles. The average molecular weight is 444 g/mol. The van der Waals surface area contributed by atoms with Gasteiger partial charge >= 0.3 is 0 Å². The van der Waals surface area contributed by atoms with E-state index in [0.29, 0.717) is 0 Å². The number of nitrogens with one attached hydrogen (secondary N) is 1. The fraction of sp³-hybridized carbons (Fsp3) is 0.389. The summed E-state index contributed by atoms with van der Waals surface area (Å²) in [6.07, 6.45) is 6.05. The molecule has 1 N–H and O–H groups in total. The highest BCUT2D eigenvalue weighted by molar-refractivity contribution is 8.03. The van der Waals surface area contributed by atoms with Gasteiger partial charge in [0, 0.05) is 30.6 Å². The molecule has 1 unspecified atom stereocenters. The van der Waals surface area contributed by atoms with Gasteiger partial charge in [-0.25, -0.2) is 8.42 Å². The fourth-order valence-corrected chi connectivity index (χ4v) is 5.75. The second-order valence-corrected chi connectivity index (χ2v) is 9.45. The first-order valence-corrected chi connectivity index (χ1v) is 11.8. The highest BCUT2D eigenvalue weighted by Crippen LogP contribution is 2.34. The summed E-state index contributed by atoms with van der Waals surface area (Å²) in [5.74, 6) is 0.244. The minimum Gasteiger partial charge on any atom is -0.731 e. The van der Waals surface area contributed by atoms with Crippen LogP contribution in [0.1, 0.15) is 14.4 Å². The monoisotopic (exact) mass is 443 g/mol. The van der Waals surface area contributed by atoms with Crippen LogP contribution in [-0.4, -0.2) is 54.5 Å². The molecule has 1 saturated heterocycles. The highest BCUT2D eigenvalue weighted by Gasteiger charge is 2.36. The fourth-order valence-electron chi connectivity index (χ4n) is 2.99. The number of thiol groups is 1. The van der Waals surface area contributed by atoms with Gasteiger partial charge < -0.3 is 14.4 Å². The van der Waals surface area contributed by atoms with E-state index in [9.17, 15) is 17.8 Å². The van der Waals surface area contributed by atoms with Crippen molar-refractivity contribution in [2.24, 2.45) is 0 Å².